The Morgan fingerprint density at radius 3 is 2.74 bits per heavy atom. The summed E-state index contributed by atoms with van der Waals surface area (Å²) in [5, 5.41) is 13.3. The number of nitro groups is 1. The normalized spacial score (nSPS) is 10.5. The van der Waals surface area contributed by atoms with E-state index in [-0.39, 0.29) is 6.54 Å². The molecule has 0 bridgehead atoms. The molecular formula is C12H16F2N2O3. The van der Waals surface area contributed by atoms with Crippen LogP contribution >= 0.6 is 0 Å². The van der Waals surface area contributed by atoms with Gasteiger partial charge in [0.25, 0.3) is 5.69 Å². The fraction of sp³-hybridized carbons (Fsp3) is 0.500. The highest BCUT2D eigenvalue weighted by Gasteiger charge is 2.20. The maximum absolute atomic E-state index is 13.5. The Balaban J connectivity index is 2.61. The lowest BCUT2D eigenvalue weighted by atomic mass is 10.2. The number of anilines is 1. The first kappa shape index (κ1) is 15.3. The number of rotatable bonds is 8. The number of nitro benzene ring substituents is 1. The van der Waals surface area contributed by atoms with Gasteiger partial charge in [-0.1, -0.05) is 6.92 Å². The Bertz CT molecular complexity index is 441. The van der Waals surface area contributed by atoms with Gasteiger partial charge >= 0.3 is 0 Å². The van der Waals surface area contributed by atoms with E-state index in [1.54, 1.807) is 0 Å². The van der Waals surface area contributed by atoms with E-state index < -0.39 is 27.9 Å². The fourth-order valence-electron chi connectivity index (χ4n) is 1.49. The first-order valence-electron chi connectivity index (χ1n) is 6.02. The van der Waals surface area contributed by atoms with E-state index in [0.717, 1.165) is 18.6 Å². The summed E-state index contributed by atoms with van der Waals surface area (Å²) in [6.07, 6.45) is 1.45. The third kappa shape index (κ3) is 4.44. The SMILES string of the molecule is CCCOCCCNc1c([N+](=O)[O-])ccc(F)c1F. The van der Waals surface area contributed by atoms with Crippen molar-refractivity contribution in [3.05, 3.63) is 33.9 Å². The van der Waals surface area contributed by atoms with Gasteiger partial charge in [0.1, 0.15) is 0 Å². The molecule has 19 heavy (non-hydrogen) atoms. The maximum atomic E-state index is 13.5. The van der Waals surface area contributed by atoms with Gasteiger partial charge in [0, 0.05) is 25.8 Å². The van der Waals surface area contributed by atoms with Crippen LogP contribution < -0.4 is 5.32 Å². The van der Waals surface area contributed by atoms with E-state index in [0.29, 0.717) is 19.6 Å². The van der Waals surface area contributed by atoms with E-state index in [1.165, 1.54) is 0 Å². The van der Waals surface area contributed by atoms with Gasteiger partial charge < -0.3 is 10.1 Å². The lowest BCUT2D eigenvalue weighted by molar-refractivity contribution is -0.384. The molecule has 0 amide bonds. The lowest BCUT2D eigenvalue weighted by Gasteiger charge is -2.08. The Morgan fingerprint density at radius 2 is 2.11 bits per heavy atom. The minimum atomic E-state index is -1.23. The second-order valence-electron chi connectivity index (χ2n) is 3.91. The zero-order valence-electron chi connectivity index (χ0n) is 10.6. The van der Waals surface area contributed by atoms with Crippen molar-refractivity contribution in [1.29, 1.82) is 0 Å². The summed E-state index contributed by atoms with van der Waals surface area (Å²) < 4.78 is 31.7. The number of hydrogen-bond donors (Lipinski definition) is 1. The molecule has 0 atom stereocenters. The molecule has 0 radical (unpaired) electrons. The molecule has 1 aromatic carbocycles. The van der Waals surface area contributed by atoms with Gasteiger partial charge in [-0.15, -0.1) is 0 Å². The van der Waals surface area contributed by atoms with Crippen molar-refractivity contribution in [2.24, 2.45) is 0 Å². The Morgan fingerprint density at radius 1 is 1.37 bits per heavy atom. The number of nitrogens with one attached hydrogen (secondary N) is 1. The van der Waals surface area contributed by atoms with Crippen LogP contribution in [0.5, 0.6) is 0 Å². The van der Waals surface area contributed by atoms with Crippen LogP contribution in [-0.4, -0.2) is 24.7 Å². The van der Waals surface area contributed by atoms with Crippen LogP contribution in [0.3, 0.4) is 0 Å². The van der Waals surface area contributed by atoms with Gasteiger partial charge in [0.15, 0.2) is 17.3 Å². The van der Waals surface area contributed by atoms with Gasteiger partial charge in [0.2, 0.25) is 0 Å². The second-order valence-corrected chi connectivity index (χ2v) is 3.91. The van der Waals surface area contributed by atoms with Gasteiger partial charge in [-0.05, 0) is 18.9 Å². The molecule has 0 aliphatic rings. The number of benzene rings is 1. The predicted octanol–water partition coefficient (Wildman–Crippen LogP) is 3.10. The third-order valence-electron chi connectivity index (χ3n) is 2.39. The molecule has 106 valence electrons. The minimum Gasteiger partial charge on any atom is -0.381 e. The van der Waals surface area contributed by atoms with Gasteiger partial charge in [-0.3, -0.25) is 10.1 Å². The van der Waals surface area contributed by atoms with Crippen molar-refractivity contribution < 1.29 is 18.4 Å². The predicted molar refractivity (Wildman–Crippen MR) is 67.2 cm³/mol. The molecule has 0 spiro atoms. The molecule has 0 aromatic heterocycles. The molecule has 1 aromatic rings. The van der Waals surface area contributed by atoms with Crippen molar-refractivity contribution >= 4 is 11.4 Å². The van der Waals surface area contributed by atoms with Gasteiger partial charge in [0.05, 0.1) is 4.92 Å². The molecule has 1 rings (SSSR count). The van der Waals surface area contributed by atoms with Crippen LogP contribution in [-0.2, 0) is 4.74 Å². The largest absolute Gasteiger partial charge is 0.381 e. The zero-order chi connectivity index (χ0) is 14.3. The fourth-order valence-corrected chi connectivity index (χ4v) is 1.49. The molecule has 0 saturated heterocycles. The van der Waals surface area contributed by atoms with E-state index in [1.807, 2.05) is 6.92 Å². The van der Waals surface area contributed by atoms with Crippen LogP contribution in [0, 0.1) is 21.7 Å². The summed E-state index contributed by atoms with van der Waals surface area (Å²) in [6.45, 7) is 3.34. The minimum absolute atomic E-state index is 0.269. The highest BCUT2D eigenvalue weighted by Crippen LogP contribution is 2.28. The van der Waals surface area contributed by atoms with E-state index in [9.17, 15) is 18.9 Å². The summed E-state index contributed by atoms with van der Waals surface area (Å²) >= 11 is 0. The second kappa shape index (κ2) is 7.63. The number of hydrogen-bond acceptors (Lipinski definition) is 4. The molecule has 0 aliphatic heterocycles. The van der Waals surface area contributed by atoms with Crippen LogP contribution in [0.15, 0.2) is 12.1 Å². The molecule has 0 heterocycles. The average Bonchev–Trinajstić information content (AvgIpc) is 2.38. The van der Waals surface area contributed by atoms with Crippen molar-refractivity contribution in [2.45, 2.75) is 19.8 Å². The lowest BCUT2D eigenvalue weighted by Crippen LogP contribution is -2.10. The first-order chi connectivity index (χ1) is 9.07. The van der Waals surface area contributed by atoms with E-state index >= 15 is 0 Å². The van der Waals surface area contributed by atoms with Crippen LogP contribution in [0.25, 0.3) is 0 Å². The van der Waals surface area contributed by atoms with Gasteiger partial charge in [-0.2, -0.15) is 0 Å². The number of halogens is 2. The molecular weight excluding hydrogens is 258 g/mol. The maximum Gasteiger partial charge on any atom is 0.295 e. The number of nitrogens with zero attached hydrogens (tertiary/aromatic N) is 1. The first-order valence-corrected chi connectivity index (χ1v) is 6.02. The third-order valence-corrected chi connectivity index (χ3v) is 2.39. The summed E-state index contributed by atoms with van der Waals surface area (Å²) in [7, 11) is 0. The highest BCUT2D eigenvalue weighted by molar-refractivity contribution is 5.62. The molecule has 0 unspecified atom stereocenters. The molecule has 0 aliphatic carbocycles. The molecule has 7 heteroatoms. The van der Waals surface area contributed by atoms with Crippen molar-refractivity contribution in [3.63, 3.8) is 0 Å². The van der Waals surface area contributed by atoms with Gasteiger partial charge in [-0.25, -0.2) is 8.78 Å². The monoisotopic (exact) mass is 274 g/mol. The standard InChI is InChI=1S/C12H16F2N2O3/c1-2-7-19-8-3-6-15-12-10(16(17)18)5-4-9(13)11(12)14/h4-5,15H,2-3,6-8H2,1H3. The van der Waals surface area contributed by atoms with Crippen LogP contribution in [0.1, 0.15) is 19.8 Å². The van der Waals surface area contributed by atoms with E-state index in [4.69, 9.17) is 4.74 Å². The summed E-state index contributed by atoms with van der Waals surface area (Å²) in [4.78, 5) is 9.96. The molecule has 0 saturated carbocycles. The number of ether oxygens (including phenoxy) is 1. The highest BCUT2D eigenvalue weighted by atomic mass is 19.2. The molecule has 0 fully saturated rings. The Kier molecular flexibility index (Phi) is 6.14. The average molecular weight is 274 g/mol. The van der Waals surface area contributed by atoms with Crippen molar-refractivity contribution in [1.82, 2.24) is 0 Å². The summed E-state index contributed by atoms with van der Waals surface area (Å²) in [5.74, 6) is -2.35. The Labute approximate surface area is 109 Å². The smallest absolute Gasteiger partial charge is 0.295 e. The van der Waals surface area contributed by atoms with Crippen LogP contribution in [0.4, 0.5) is 20.2 Å². The van der Waals surface area contributed by atoms with Crippen molar-refractivity contribution in [2.75, 3.05) is 25.1 Å². The van der Waals surface area contributed by atoms with Crippen LogP contribution in [0.2, 0.25) is 0 Å². The molecule has 5 nitrogen and oxygen atoms in total. The molecule has 1 N–H and O–H groups in total. The summed E-state index contributed by atoms with van der Waals surface area (Å²) in [5.41, 5.74) is -0.895. The quantitative estimate of drug-likeness (QED) is 0.449. The van der Waals surface area contributed by atoms with E-state index in [2.05, 4.69) is 5.32 Å². The van der Waals surface area contributed by atoms with Crippen molar-refractivity contribution in [3.8, 4) is 0 Å². The zero-order valence-corrected chi connectivity index (χ0v) is 10.6. The topological polar surface area (TPSA) is 64.4 Å². The Hall–Kier alpha value is -1.76. The summed E-state index contributed by atoms with van der Waals surface area (Å²) in [6, 6.07) is 1.68.